The monoisotopic (exact) mass is 468 g/mol. The maximum Gasteiger partial charge on any atom is 0.255 e. The molecule has 0 heterocycles. The lowest BCUT2D eigenvalue weighted by Gasteiger charge is -2.10. The number of amides is 1. The zero-order chi connectivity index (χ0) is 22.6. The number of carbonyl (C=O) groups excluding carboxylic acids is 1. The van der Waals surface area contributed by atoms with Gasteiger partial charge in [0, 0.05) is 28.9 Å². The summed E-state index contributed by atoms with van der Waals surface area (Å²) in [6.07, 6.45) is 0.342. The molecule has 0 aliphatic carbocycles. The maximum atomic E-state index is 14.2. The number of rotatable bonds is 7. The standard InChI is InChI=1S/C21H16ClF3N2O3S/c22-15-4-1-13(2-5-15)9-10-26-31(29,30)20-11-14(3-7-18(20)24)21(28)27-16-6-8-17(23)19(25)12-16/h1-8,11-12,26H,9-10H2,(H,27,28). The Morgan fingerprint density at radius 1 is 0.871 bits per heavy atom. The van der Waals surface area contributed by atoms with Gasteiger partial charge < -0.3 is 5.32 Å². The second-order valence-corrected chi connectivity index (χ2v) is 8.67. The molecule has 5 nitrogen and oxygen atoms in total. The van der Waals surface area contributed by atoms with E-state index in [0.717, 1.165) is 42.0 Å². The van der Waals surface area contributed by atoms with E-state index in [1.165, 1.54) is 0 Å². The van der Waals surface area contributed by atoms with Gasteiger partial charge in [0.15, 0.2) is 11.6 Å². The van der Waals surface area contributed by atoms with E-state index in [2.05, 4.69) is 10.0 Å². The molecule has 1 amide bonds. The highest BCUT2D eigenvalue weighted by Gasteiger charge is 2.21. The van der Waals surface area contributed by atoms with Crippen molar-refractivity contribution < 1.29 is 26.4 Å². The zero-order valence-electron chi connectivity index (χ0n) is 15.8. The van der Waals surface area contributed by atoms with Crippen molar-refractivity contribution in [3.05, 3.63) is 94.3 Å². The van der Waals surface area contributed by atoms with Crippen LogP contribution < -0.4 is 10.0 Å². The van der Waals surface area contributed by atoms with Gasteiger partial charge >= 0.3 is 0 Å². The molecule has 31 heavy (non-hydrogen) atoms. The molecule has 3 aromatic carbocycles. The Morgan fingerprint density at radius 2 is 1.55 bits per heavy atom. The van der Waals surface area contributed by atoms with Crippen LogP contribution in [-0.2, 0) is 16.4 Å². The smallest absolute Gasteiger partial charge is 0.255 e. The fourth-order valence-electron chi connectivity index (χ4n) is 2.69. The van der Waals surface area contributed by atoms with Gasteiger partial charge in [-0.25, -0.2) is 26.3 Å². The summed E-state index contributed by atoms with van der Waals surface area (Å²) in [5.41, 5.74) is 0.607. The van der Waals surface area contributed by atoms with Gasteiger partial charge in [0.1, 0.15) is 10.7 Å². The molecule has 0 aliphatic rings. The van der Waals surface area contributed by atoms with E-state index in [1.807, 2.05) is 0 Å². The average molecular weight is 469 g/mol. The van der Waals surface area contributed by atoms with Crippen LogP contribution in [-0.4, -0.2) is 20.9 Å². The molecule has 2 N–H and O–H groups in total. The summed E-state index contributed by atoms with van der Waals surface area (Å²) in [6.45, 7) is -0.00527. The number of carbonyl (C=O) groups is 1. The number of hydrogen-bond donors (Lipinski definition) is 2. The Morgan fingerprint density at radius 3 is 2.23 bits per heavy atom. The minimum absolute atomic E-state index is 0.00527. The summed E-state index contributed by atoms with van der Waals surface area (Å²) in [4.78, 5) is 11.6. The highest BCUT2D eigenvalue weighted by Crippen LogP contribution is 2.19. The van der Waals surface area contributed by atoms with Crippen LogP contribution in [0.1, 0.15) is 15.9 Å². The van der Waals surface area contributed by atoms with Crippen molar-refractivity contribution in [3.8, 4) is 0 Å². The topological polar surface area (TPSA) is 75.3 Å². The van der Waals surface area contributed by atoms with Crippen LogP contribution in [0.5, 0.6) is 0 Å². The lowest BCUT2D eigenvalue weighted by molar-refractivity contribution is 0.102. The van der Waals surface area contributed by atoms with Crippen molar-refractivity contribution in [1.29, 1.82) is 0 Å². The molecule has 162 valence electrons. The molecule has 0 saturated heterocycles. The van der Waals surface area contributed by atoms with E-state index >= 15 is 0 Å². The van der Waals surface area contributed by atoms with Crippen molar-refractivity contribution in [2.45, 2.75) is 11.3 Å². The number of benzene rings is 3. The number of nitrogens with one attached hydrogen (secondary N) is 2. The molecule has 0 aromatic heterocycles. The van der Waals surface area contributed by atoms with Crippen molar-refractivity contribution in [2.24, 2.45) is 0 Å². The highest BCUT2D eigenvalue weighted by atomic mass is 35.5. The van der Waals surface area contributed by atoms with Crippen LogP contribution in [0.4, 0.5) is 18.9 Å². The molecule has 3 rings (SSSR count). The van der Waals surface area contributed by atoms with Crippen LogP contribution >= 0.6 is 11.6 Å². The summed E-state index contributed by atoms with van der Waals surface area (Å²) >= 11 is 5.80. The molecule has 0 radical (unpaired) electrons. The van der Waals surface area contributed by atoms with Gasteiger partial charge in [-0.2, -0.15) is 0 Å². The summed E-state index contributed by atoms with van der Waals surface area (Å²) < 4.78 is 67.8. The SMILES string of the molecule is O=C(Nc1ccc(F)c(F)c1)c1ccc(F)c(S(=O)(=O)NCCc2ccc(Cl)cc2)c1. The number of halogens is 4. The third kappa shape index (κ3) is 5.84. The first-order valence-corrected chi connectivity index (χ1v) is 10.8. The number of hydrogen-bond acceptors (Lipinski definition) is 3. The first kappa shape index (κ1) is 22.8. The van der Waals surface area contributed by atoms with Crippen LogP contribution in [0.2, 0.25) is 5.02 Å². The predicted octanol–water partition coefficient (Wildman–Crippen LogP) is 4.53. The third-order valence-corrected chi connectivity index (χ3v) is 6.01. The molecule has 0 aliphatic heterocycles. The molecule has 0 atom stereocenters. The van der Waals surface area contributed by atoms with Gasteiger partial charge in [-0.05, 0) is 54.4 Å². The number of anilines is 1. The van der Waals surface area contributed by atoms with Gasteiger partial charge in [-0.1, -0.05) is 23.7 Å². The third-order valence-electron chi connectivity index (χ3n) is 4.28. The summed E-state index contributed by atoms with van der Waals surface area (Å²) in [6, 6.07) is 12.3. The van der Waals surface area contributed by atoms with E-state index in [0.29, 0.717) is 11.4 Å². The van der Waals surface area contributed by atoms with Crippen molar-refractivity contribution in [1.82, 2.24) is 4.72 Å². The lowest BCUT2D eigenvalue weighted by atomic mass is 10.2. The zero-order valence-corrected chi connectivity index (χ0v) is 17.4. The minimum Gasteiger partial charge on any atom is -0.322 e. The number of sulfonamides is 1. The molecule has 0 unspecified atom stereocenters. The van der Waals surface area contributed by atoms with Gasteiger partial charge in [-0.3, -0.25) is 4.79 Å². The van der Waals surface area contributed by atoms with Gasteiger partial charge in [0.2, 0.25) is 10.0 Å². The largest absolute Gasteiger partial charge is 0.322 e. The van der Waals surface area contributed by atoms with E-state index in [9.17, 15) is 26.4 Å². The summed E-state index contributed by atoms with van der Waals surface area (Å²) in [5, 5.41) is 2.85. The highest BCUT2D eigenvalue weighted by molar-refractivity contribution is 7.89. The van der Waals surface area contributed by atoms with E-state index in [1.54, 1.807) is 24.3 Å². The van der Waals surface area contributed by atoms with Crippen molar-refractivity contribution in [2.75, 3.05) is 11.9 Å². The molecule has 0 spiro atoms. The Kier molecular flexibility index (Phi) is 6.99. The second kappa shape index (κ2) is 9.51. The quantitative estimate of drug-likeness (QED) is 0.535. The fraction of sp³-hybridized carbons (Fsp3) is 0.0952. The Bertz CT molecular complexity index is 1220. The molecular formula is C21H16ClF3N2O3S. The summed E-state index contributed by atoms with van der Waals surface area (Å²) in [7, 11) is -4.25. The molecule has 0 saturated carbocycles. The van der Waals surface area contributed by atoms with Gasteiger partial charge in [0.05, 0.1) is 0 Å². The Balaban J connectivity index is 1.73. The molecule has 0 bridgehead atoms. The predicted molar refractivity (Wildman–Crippen MR) is 111 cm³/mol. The van der Waals surface area contributed by atoms with E-state index in [4.69, 9.17) is 11.6 Å². The van der Waals surface area contributed by atoms with Gasteiger partial charge in [0.25, 0.3) is 5.91 Å². The Labute approximate surface area is 181 Å². The second-order valence-electron chi connectivity index (χ2n) is 6.50. The lowest BCUT2D eigenvalue weighted by Crippen LogP contribution is -2.27. The first-order chi connectivity index (χ1) is 14.7. The van der Waals surface area contributed by atoms with Crippen molar-refractivity contribution >= 4 is 33.2 Å². The van der Waals surface area contributed by atoms with E-state index in [-0.39, 0.29) is 17.8 Å². The molecule has 10 heteroatoms. The summed E-state index contributed by atoms with van der Waals surface area (Å²) in [5.74, 6) is -4.10. The molecule has 3 aromatic rings. The normalized spacial score (nSPS) is 11.4. The maximum absolute atomic E-state index is 14.2. The molecule has 0 fully saturated rings. The van der Waals surface area contributed by atoms with Crippen LogP contribution in [0.3, 0.4) is 0 Å². The van der Waals surface area contributed by atoms with Crippen molar-refractivity contribution in [3.63, 3.8) is 0 Å². The molecular weight excluding hydrogens is 453 g/mol. The van der Waals surface area contributed by atoms with Crippen LogP contribution in [0.15, 0.2) is 65.6 Å². The van der Waals surface area contributed by atoms with Crippen LogP contribution in [0.25, 0.3) is 0 Å². The fourth-order valence-corrected chi connectivity index (χ4v) is 3.95. The van der Waals surface area contributed by atoms with Crippen LogP contribution in [0, 0.1) is 17.5 Å². The minimum atomic E-state index is -4.25. The van der Waals surface area contributed by atoms with E-state index < -0.39 is 38.3 Å². The first-order valence-electron chi connectivity index (χ1n) is 8.96. The Hall–Kier alpha value is -2.88. The average Bonchev–Trinajstić information content (AvgIpc) is 2.72. The van der Waals surface area contributed by atoms with Gasteiger partial charge in [-0.15, -0.1) is 0 Å².